The minimum atomic E-state index is 0.0399. The van der Waals surface area contributed by atoms with Crippen molar-refractivity contribution in [1.82, 2.24) is 24.1 Å². The molecule has 29 heavy (non-hydrogen) atoms. The molecule has 0 bridgehead atoms. The van der Waals surface area contributed by atoms with Crippen molar-refractivity contribution in [2.75, 3.05) is 13.1 Å². The van der Waals surface area contributed by atoms with E-state index >= 15 is 0 Å². The zero-order valence-electron chi connectivity index (χ0n) is 16.1. The number of hydrogen-bond donors (Lipinski definition) is 0. The van der Waals surface area contributed by atoms with Crippen LogP contribution in [0.5, 0.6) is 0 Å². The van der Waals surface area contributed by atoms with Crippen molar-refractivity contribution in [1.29, 1.82) is 0 Å². The summed E-state index contributed by atoms with van der Waals surface area (Å²) in [5.74, 6) is 1.38. The van der Waals surface area contributed by atoms with E-state index in [1.54, 1.807) is 11.3 Å². The van der Waals surface area contributed by atoms with E-state index in [1.807, 2.05) is 58.2 Å². The average Bonchev–Trinajstić information content (AvgIpc) is 3.54. The zero-order valence-corrected chi connectivity index (χ0v) is 16.9. The lowest BCUT2D eigenvalue weighted by Gasteiger charge is -2.33. The Morgan fingerprint density at radius 1 is 1.14 bits per heavy atom. The van der Waals surface area contributed by atoms with Gasteiger partial charge in [-0.25, -0.2) is 0 Å². The Morgan fingerprint density at radius 3 is 2.83 bits per heavy atom. The first kappa shape index (κ1) is 18.1. The van der Waals surface area contributed by atoms with Crippen LogP contribution in [0.25, 0.3) is 5.65 Å². The van der Waals surface area contributed by atoms with Gasteiger partial charge in [0, 0.05) is 37.6 Å². The summed E-state index contributed by atoms with van der Waals surface area (Å²) in [5.41, 5.74) is 2.05. The van der Waals surface area contributed by atoms with Gasteiger partial charge in [0.1, 0.15) is 5.82 Å². The van der Waals surface area contributed by atoms with Gasteiger partial charge in [-0.1, -0.05) is 6.07 Å². The van der Waals surface area contributed by atoms with Gasteiger partial charge >= 0.3 is 0 Å². The summed E-state index contributed by atoms with van der Waals surface area (Å²) in [6.45, 7) is 1.52. The maximum absolute atomic E-state index is 13.3. The molecule has 0 aromatic carbocycles. The van der Waals surface area contributed by atoms with E-state index in [0.717, 1.165) is 30.9 Å². The van der Waals surface area contributed by atoms with Crippen LogP contribution in [0.2, 0.25) is 0 Å². The van der Waals surface area contributed by atoms with E-state index in [4.69, 9.17) is 0 Å². The molecule has 2 unspecified atom stereocenters. The molecule has 4 aromatic heterocycles. The van der Waals surface area contributed by atoms with Crippen molar-refractivity contribution in [2.24, 2.45) is 0 Å². The largest absolute Gasteiger partial charge is 0.346 e. The molecular formula is C22H23N5OS. The summed E-state index contributed by atoms with van der Waals surface area (Å²) < 4.78 is 4.18. The Balaban J connectivity index is 1.34. The molecule has 148 valence electrons. The summed E-state index contributed by atoms with van der Waals surface area (Å²) in [4.78, 5) is 15.3. The molecular weight excluding hydrogens is 382 g/mol. The lowest BCUT2D eigenvalue weighted by molar-refractivity contribution is -0.133. The SMILES string of the molecule is O=C(CC(c1ccsc1)n1cccc1)N1CCCC(c2nnc3ccccn23)C1. The molecule has 2 atom stereocenters. The number of hydrogen-bond acceptors (Lipinski definition) is 4. The third-order valence-electron chi connectivity index (χ3n) is 5.76. The van der Waals surface area contributed by atoms with Crippen molar-refractivity contribution in [3.8, 4) is 0 Å². The number of aromatic nitrogens is 4. The smallest absolute Gasteiger partial charge is 0.225 e. The Morgan fingerprint density at radius 2 is 2.00 bits per heavy atom. The Hall–Kier alpha value is -2.93. The van der Waals surface area contributed by atoms with Gasteiger partial charge in [0.2, 0.25) is 5.91 Å². The van der Waals surface area contributed by atoms with E-state index in [1.165, 1.54) is 5.56 Å². The highest BCUT2D eigenvalue weighted by Gasteiger charge is 2.29. The van der Waals surface area contributed by atoms with Crippen molar-refractivity contribution < 1.29 is 4.79 Å². The van der Waals surface area contributed by atoms with Gasteiger partial charge in [0.05, 0.1) is 12.5 Å². The summed E-state index contributed by atoms with van der Waals surface area (Å²) in [7, 11) is 0. The van der Waals surface area contributed by atoms with Crippen molar-refractivity contribution >= 4 is 22.9 Å². The van der Waals surface area contributed by atoms with Crippen LogP contribution in [0.3, 0.4) is 0 Å². The summed E-state index contributed by atoms with van der Waals surface area (Å²) in [5, 5.41) is 12.9. The number of carbonyl (C=O) groups excluding carboxylic acids is 1. The lowest BCUT2D eigenvalue weighted by Crippen LogP contribution is -2.40. The standard InChI is InChI=1S/C22H23N5OS/c28-21(14-19(18-8-13-29-16-18)25-9-3-4-10-25)26-11-5-6-17(15-26)22-24-23-20-7-1-2-12-27(20)22/h1-4,7-10,12-13,16-17,19H,5-6,11,14-15H2. The van der Waals surface area contributed by atoms with Crippen molar-refractivity contribution in [3.63, 3.8) is 0 Å². The second-order valence-electron chi connectivity index (χ2n) is 7.57. The number of thiophene rings is 1. The zero-order chi connectivity index (χ0) is 19.6. The topological polar surface area (TPSA) is 55.4 Å². The van der Waals surface area contributed by atoms with E-state index in [2.05, 4.69) is 31.6 Å². The first-order valence-electron chi connectivity index (χ1n) is 10.0. The number of pyridine rings is 1. The van der Waals surface area contributed by atoms with Gasteiger partial charge in [0.25, 0.3) is 0 Å². The maximum atomic E-state index is 13.3. The van der Waals surface area contributed by atoms with E-state index in [-0.39, 0.29) is 17.9 Å². The number of piperidine rings is 1. The fourth-order valence-corrected chi connectivity index (χ4v) is 4.97. The van der Waals surface area contributed by atoms with Crippen LogP contribution in [-0.2, 0) is 4.79 Å². The summed E-state index contributed by atoms with van der Waals surface area (Å²) >= 11 is 1.67. The third-order valence-corrected chi connectivity index (χ3v) is 6.46. The number of nitrogens with zero attached hydrogens (tertiary/aromatic N) is 5. The second-order valence-corrected chi connectivity index (χ2v) is 8.35. The van der Waals surface area contributed by atoms with E-state index in [0.29, 0.717) is 13.0 Å². The van der Waals surface area contributed by atoms with Crippen molar-refractivity contribution in [2.45, 2.75) is 31.2 Å². The third kappa shape index (κ3) is 3.58. The van der Waals surface area contributed by atoms with Gasteiger partial charge in [0.15, 0.2) is 5.65 Å². The molecule has 1 fully saturated rings. The molecule has 0 aliphatic carbocycles. The Kier molecular flexibility index (Phi) is 4.89. The highest BCUT2D eigenvalue weighted by molar-refractivity contribution is 7.08. The number of carbonyl (C=O) groups is 1. The monoisotopic (exact) mass is 405 g/mol. The number of rotatable bonds is 5. The van der Waals surface area contributed by atoms with Crippen LogP contribution < -0.4 is 0 Å². The highest BCUT2D eigenvalue weighted by Crippen LogP contribution is 2.29. The normalized spacial score (nSPS) is 18.2. The first-order valence-corrected chi connectivity index (χ1v) is 11.0. The fourth-order valence-electron chi connectivity index (χ4n) is 4.26. The van der Waals surface area contributed by atoms with E-state index in [9.17, 15) is 4.79 Å². The van der Waals surface area contributed by atoms with Gasteiger partial charge < -0.3 is 9.47 Å². The average molecular weight is 406 g/mol. The highest BCUT2D eigenvalue weighted by atomic mass is 32.1. The molecule has 0 N–H and O–H groups in total. The van der Waals surface area contributed by atoms with Crippen LogP contribution in [0.1, 0.15) is 42.6 Å². The van der Waals surface area contributed by atoms with Crippen molar-refractivity contribution in [3.05, 3.63) is 77.1 Å². The van der Waals surface area contributed by atoms with E-state index < -0.39 is 0 Å². The molecule has 4 aromatic rings. The van der Waals surface area contributed by atoms with Gasteiger partial charge in [-0.05, 0) is 59.5 Å². The van der Waals surface area contributed by atoms with Gasteiger partial charge in [-0.3, -0.25) is 9.20 Å². The molecule has 0 spiro atoms. The Bertz CT molecular complexity index is 1050. The van der Waals surface area contributed by atoms with Gasteiger partial charge in [-0.2, -0.15) is 11.3 Å². The molecule has 1 saturated heterocycles. The molecule has 7 heteroatoms. The Labute approximate surface area is 173 Å². The molecule has 1 aliphatic heterocycles. The molecule has 5 heterocycles. The van der Waals surface area contributed by atoms with Crippen LogP contribution in [0, 0.1) is 0 Å². The lowest BCUT2D eigenvalue weighted by atomic mass is 9.96. The molecule has 1 aliphatic rings. The quantitative estimate of drug-likeness (QED) is 0.505. The number of fused-ring (bicyclic) bond motifs is 1. The molecule has 0 saturated carbocycles. The predicted molar refractivity (Wildman–Crippen MR) is 113 cm³/mol. The molecule has 6 nitrogen and oxygen atoms in total. The summed E-state index contributed by atoms with van der Waals surface area (Å²) in [6.07, 6.45) is 8.58. The number of amides is 1. The summed E-state index contributed by atoms with van der Waals surface area (Å²) in [6, 6.07) is 12.1. The molecule has 0 radical (unpaired) electrons. The van der Waals surface area contributed by atoms with Gasteiger partial charge in [-0.15, -0.1) is 10.2 Å². The number of likely N-dealkylation sites (tertiary alicyclic amines) is 1. The second kappa shape index (κ2) is 7.83. The fraction of sp³-hybridized carbons (Fsp3) is 0.318. The van der Waals surface area contributed by atoms with Crippen LogP contribution in [0.15, 0.2) is 65.7 Å². The molecule has 5 rings (SSSR count). The predicted octanol–water partition coefficient (Wildman–Crippen LogP) is 3.98. The van der Waals surface area contributed by atoms with Crippen LogP contribution in [-0.4, -0.2) is 43.1 Å². The maximum Gasteiger partial charge on any atom is 0.225 e. The molecule has 1 amide bonds. The minimum absolute atomic E-state index is 0.0399. The van der Waals surface area contributed by atoms with Crippen LogP contribution >= 0.6 is 11.3 Å². The first-order chi connectivity index (χ1) is 14.3. The minimum Gasteiger partial charge on any atom is -0.346 e. The van der Waals surface area contributed by atoms with Crippen LogP contribution in [0.4, 0.5) is 0 Å².